The molecule has 2 heterocycles. The fourth-order valence-electron chi connectivity index (χ4n) is 4.30. The van der Waals surface area contributed by atoms with Crippen molar-refractivity contribution in [1.29, 1.82) is 0 Å². The molecule has 1 aliphatic heterocycles. The maximum absolute atomic E-state index is 13.4. The van der Waals surface area contributed by atoms with Gasteiger partial charge in [0.2, 0.25) is 5.13 Å². The van der Waals surface area contributed by atoms with Gasteiger partial charge < -0.3 is 9.84 Å². The number of thioether (sulfide) groups is 1. The van der Waals surface area contributed by atoms with Gasteiger partial charge in [0.25, 0.3) is 5.78 Å². The largest absolute Gasteiger partial charge is 0.507 e. The first-order valence-electron chi connectivity index (χ1n) is 12.9. The van der Waals surface area contributed by atoms with E-state index in [0.29, 0.717) is 43.6 Å². The van der Waals surface area contributed by atoms with Crippen LogP contribution in [0.15, 0.2) is 82.7 Å². The third kappa shape index (κ3) is 6.43. The molecule has 1 amide bonds. The van der Waals surface area contributed by atoms with E-state index in [-0.39, 0.29) is 16.5 Å². The van der Waals surface area contributed by atoms with Crippen molar-refractivity contribution in [2.24, 2.45) is 0 Å². The number of aliphatic hydroxyl groups is 1. The van der Waals surface area contributed by atoms with Gasteiger partial charge in [0.05, 0.1) is 18.2 Å². The fraction of sp³-hybridized carbons (Fsp3) is 0.200. The van der Waals surface area contributed by atoms with Gasteiger partial charge in [0.15, 0.2) is 4.34 Å². The van der Waals surface area contributed by atoms with Crippen molar-refractivity contribution in [3.05, 3.63) is 105 Å². The average molecular weight is 627 g/mol. The number of amides is 1. The highest BCUT2D eigenvalue weighted by Gasteiger charge is 2.48. The van der Waals surface area contributed by atoms with Gasteiger partial charge in [-0.15, -0.1) is 10.2 Å². The van der Waals surface area contributed by atoms with Gasteiger partial charge >= 0.3 is 5.91 Å². The van der Waals surface area contributed by atoms with Crippen LogP contribution in [0.25, 0.3) is 5.76 Å². The van der Waals surface area contributed by atoms with Crippen molar-refractivity contribution >= 4 is 68.9 Å². The normalized spacial score (nSPS) is 16.4. The number of hydrogen-bond donors (Lipinski definition) is 1. The number of ether oxygens (including phenoxy) is 1. The molecule has 1 saturated heterocycles. The van der Waals surface area contributed by atoms with Gasteiger partial charge in [-0.05, 0) is 60.0 Å². The van der Waals surface area contributed by atoms with Gasteiger partial charge in [-0.3, -0.25) is 14.5 Å². The predicted molar refractivity (Wildman–Crippen MR) is 164 cm³/mol. The lowest BCUT2D eigenvalue weighted by molar-refractivity contribution is -0.132. The molecule has 0 bridgehead atoms. The Balaban J connectivity index is 1.49. The summed E-state index contributed by atoms with van der Waals surface area (Å²) in [5.74, 6) is -0.688. The summed E-state index contributed by atoms with van der Waals surface area (Å²) in [6.45, 7) is 2.67. The number of anilines is 1. The van der Waals surface area contributed by atoms with Crippen LogP contribution in [0.4, 0.5) is 5.13 Å². The van der Waals surface area contributed by atoms with Crippen molar-refractivity contribution in [3.8, 4) is 5.75 Å². The molecule has 7 nitrogen and oxygen atoms in total. The zero-order chi connectivity index (χ0) is 28.9. The highest BCUT2D eigenvalue weighted by molar-refractivity contribution is 8.00. The molecular weight excluding hydrogens is 601 g/mol. The smallest absolute Gasteiger partial charge is 0.301 e. The van der Waals surface area contributed by atoms with Crippen molar-refractivity contribution in [3.63, 3.8) is 0 Å². The van der Waals surface area contributed by atoms with Crippen LogP contribution in [-0.2, 0) is 15.3 Å². The second-order valence-electron chi connectivity index (χ2n) is 9.18. The minimum Gasteiger partial charge on any atom is -0.507 e. The number of unbranched alkanes of at least 4 members (excludes halogenated alkanes) is 1. The molecule has 1 aromatic heterocycles. The summed E-state index contributed by atoms with van der Waals surface area (Å²) in [4.78, 5) is 28.2. The summed E-state index contributed by atoms with van der Waals surface area (Å²) in [5, 5.41) is 21.3. The van der Waals surface area contributed by atoms with Crippen molar-refractivity contribution < 1.29 is 19.4 Å². The first-order chi connectivity index (χ1) is 19.9. The fourth-order valence-corrected chi connectivity index (χ4v) is 6.58. The van der Waals surface area contributed by atoms with Crippen LogP contribution in [0.5, 0.6) is 5.75 Å². The number of carbonyl (C=O) groups excluding carboxylic acids is 2. The zero-order valence-corrected chi connectivity index (χ0v) is 25.1. The molecule has 0 spiro atoms. The Bertz CT molecular complexity index is 1590. The van der Waals surface area contributed by atoms with Crippen LogP contribution in [0.1, 0.15) is 42.5 Å². The van der Waals surface area contributed by atoms with Gasteiger partial charge in [-0.25, -0.2) is 0 Å². The Morgan fingerprint density at radius 1 is 1.02 bits per heavy atom. The lowest BCUT2D eigenvalue weighted by atomic mass is 9.95. The van der Waals surface area contributed by atoms with E-state index in [2.05, 4.69) is 17.1 Å². The third-order valence-corrected chi connectivity index (χ3v) is 9.16. The summed E-state index contributed by atoms with van der Waals surface area (Å²) in [7, 11) is 0. The number of halogens is 2. The van der Waals surface area contributed by atoms with E-state index in [9.17, 15) is 14.7 Å². The molecule has 1 N–H and O–H groups in total. The number of aromatic nitrogens is 2. The van der Waals surface area contributed by atoms with E-state index in [4.69, 9.17) is 27.9 Å². The van der Waals surface area contributed by atoms with Crippen molar-refractivity contribution in [2.75, 3.05) is 11.5 Å². The SMILES string of the molecule is CCCCOc1ccc(/C(O)=C2\C(=O)C(=O)N(c3nnc(SCc4ccccc4Cl)s3)C2c2ccc(Cl)cc2)cc1. The second kappa shape index (κ2) is 13.1. The number of benzene rings is 3. The number of ketones is 1. The van der Waals surface area contributed by atoms with Crippen LogP contribution >= 0.6 is 46.3 Å². The molecule has 210 valence electrons. The highest BCUT2D eigenvalue weighted by atomic mass is 35.5. The minimum atomic E-state index is -0.929. The number of aliphatic hydroxyl groups excluding tert-OH is 1. The number of nitrogens with zero attached hydrogens (tertiary/aromatic N) is 3. The van der Waals surface area contributed by atoms with Gasteiger partial charge in [0, 0.05) is 21.4 Å². The molecule has 1 atom stereocenters. The number of rotatable bonds is 10. The average Bonchev–Trinajstić information content (AvgIpc) is 3.55. The van der Waals surface area contributed by atoms with Crippen molar-refractivity contribution in [1.82, 2.24) is 10.2 Å². The monoisotopic (exact) mass is 625 g/mol. The van der Waals surface area contributed by atoms with E-state index < -0.39 is 17.7 Å². The Morgan fingerprint density at radius 2 is 1.76 bits per heavy atom. The molecule has 11 heteroatoms. The Labute approximate surface area is 255 Å². The predicted octanol–water partition coefficient (Wildman–Crippen LogP) is 7.94. The molecule has 5 rings (SSSR count). The lowest BCUT2D eigenvalue weighted by Crippen LogP contribution is -2.29. The number of hydrogen-bond acceptors (Lipinski definition) is 8. The lowest BCUT2D eigenvalue weighted by Gasteiger charge is -2.22. The summed E-state index contributed by atoms with van der Waals surface area (Å²) in [6, 6.07) is 20.2. The Kier molecular flexibility index (Phi) is 9.29. The van der Waals surface area contributed by atoms with Gasteiger partial charge in [-0.1, -0.05) is 90.0 Å². The second-order valence-corrected chi connectivity index (χ2v) is 12.2. The van der Waals surface area contributed by atoms with Gasteiger partial charge in [-0.2, -0.15) is 0 Å². The van der Waals surface area contributed by atoms with Crippen LogP contribution in [0.2, 0.25) is 10.0 Å². The molecular formula is C30H25Cl2N3O4S2. The number of carbonyl (C=O) groups is 2. The molecule has 0 radical (unpaired) electrons. The molecule has 3 aromatic carbocycles. The quantitative estimate of drug-likeness (QED) is 0.0477. The van der Waals surface area contributed by atoms with Crippen LogP contribution in [0.3, 0.4) is 0 Å². The Hall–Kier alpha value is -3.37. The highest BCUT2D eigenvalue weighted by Crippen LogP contribution is 2.44. The molecule has 1 unspecified atom stereocenters. The molecule has 4 aromatic rings. The topological polar surface area (TPSA) is 92.6 Å². The molecule has 0 saturated carbocycles. The maximum atomic E-state index is 13.4. The van der Waals surface area contributed by atoms with E-state index in [1.807, 2.05) is 24.3 Å². The molecule has 41 heavy (non-hydrogen) atoms. The van der Waals surface area contributed by atoms with Crippen LogP contribution < -0.4 is 9.64 Å². The molecule has 0 aliphatic carbocycles. The van der Waals surface area contributed by atoms with Crippen LogP contribution in [0, 0.1) is 0 Å². The summed E-state index contributed by atoms with van der Waals surface area (Å²) >= 11 is 15.0. The summed E-state index contributed by atoms with van der Waals surface area (Å²) in [5.41, 5.74) is 1.88. The Morgan fingerprint density at radius 3 is 2.46 bits per heavy atom. The first-order valence-corrected chi connectivity index (χ1v) is 15.4. The molecule has 1 fully saturated rings. The van der Waals surface area contributed by atoms with E-state index in [1.165, 1.54) is 28.0 Å². The van der Waals surface area contributed by atoms with E-state index in [0.717, 1.165) is 18.4 Å². The summed E-state index contributed by atoms with van der Waals surface area (Å²) < 4.78 is 6.32. The van der Waals surface area contributed by atoms with Crippen LogP contribution in [-0.4, -0.2) is 33.6 Å². The van der Waals surface area contributed by atoms with E-state index in [1.54, 1.807) is 48.5 Å². The van der Waals surface area contributed by atoms with Gasteiger partial charge in [0.1, 0.15) is 11.5 Å². The molecule has 1 aliphatic rings. The van der Waals surface area contributed by atoms with E-state index >= 15 is 0 Å². The zero-order valence-electron chi connectivity index (χ0n) is 21.9. The van der Waals surface area contributed by atoms with Crippen molar-refractivity contribution in [2.45, 2.75) is 35.9 Å². The third-order valence-electron chi connectivity index (χ3n) is 6.44. The number of Topliss-reactive ketones (excluding diaryl/α,β-unsaturated/α-hetero) is 1. The minimum absolute atomic E-state index is 0.0440. The first kappa shape index (κ1) is 29.1. The summed E-state index contributed by atoms with van der Waals surface area (Å²) in [6.07, 6.45) is 1.94. The maximum Gasteiger partial charge on any atom is 0.301 e. The standard InChI is InChI=1S/C30H25Cl2N3O4S2/c1-2-3-16-39-22-14-10-19(11-15-22)26(36)24-25(18-8-12-21(31)13-9-18)35(28(38)27(24)37)29-33-34-30(41-29)40-17-20-6-4-5-7-23(20)32/h4-15,25,36H,2-3,16-17H2,1H3/b26-24+.